The normalized spacial score (nSPS) is 9.80. The molecule has 0 fully saturated rings. The van der Waals surface area contributed by atoms with Crippen LogP contribution in [0, 0.1) is 0 Å². The average molecular weight is 428 g/mol. The Bertz CT molecular complexity index is 902. The molecule has 0 N–H and O–H groups in total. The predicted molar refractivity (Wildman–Crippen MR) is 111 cm³/mol. The van der Waals surface area contributed by atoms with E-state index in [0.29, 0.717) is 4.73 Å². The second-order valence-electron chi connectivity index (χ2n) is 4.82. The van der Waals surface area contributed by atoms with Crippen LogP contribution in [-0.2, 0) is 0 Å². The van der Waals surface area contributed by atoms with Crippen molar-refractivity contribution < 1.29 is 0 Å². The highest BCUT2D eigenvalue weighted by Crippen LogP contribution is 2.19. The van der Waals surface area contributed by atoms with E-state index in [2.05, 4.69) is 102 Å². The molecule has 0 radical (unpaired) electrons. The Labute approximate surface area is 162 Å². The molecule has 0 unspecified atom stereocenters. The summed E-state index contributed by atoms with van der Waals surface area (Å²) in [4.78, 5) is 10.9. The second kappa shape index (κ2) is 9.36. The third-order valence-corrected chi connectivity index (χ3v) is 5.39. The Morgan fingerprint density at radius 3 is 1.52 bits per heavy atom. The predicted octanol–water partition coefficient (Wildman–Crippen LogP) is 6.44. The van der Waals surface area contributed by atoms with Crippen molar-refractivity contribution in [3.8, 4) is 0 Å². The van der Waals surface area contributed by atoms with Gasteiger partial charge in [-0.1, -0.05) is 36.4 Å². The van der Waals surface area contributed by atoms with Crippen LogP contribution in [0.2, 0.25) is 0 Å². The summed E-state index contributed by atoms with van der Waals surface area (Å²) in [5.74, 6) is 0. The summed E-state index contributed by atoms with van der Waals surface area (Å²) in [6.07, 6.45) is 2.86. The number of nitrogens with zero attached hydrogens (tertiary/aromatic N) is 3. The second-order valence-corrected chi connectivity index (χ2v) is 7.43. The van der Waals surface area contributed by atoms with Crippen molar-refractivity contribution in [3.05, 3.63) is 88.8 Å². The van der Waals surface area contributed by atoms with Crippen LogP contribution in [0.4, 0.5) is 0 Å². The fourth-order valence-electron chi connectivity index (χ4n) is 2.04. The van der Waals surface area contributed by atoms with E-state index in [0.717, 1.165) is 0 Å². The molecule has 0 saturated heterocycles. The zero-order chi connectivity index (χ0) is 17.3. The Hall–Kier alpha value is -2.15. The molecule has 0 aliphatic heterocycles. The third kappa shape index (κ3) is 5.42. The van der Waals surface area contributed by atoms with Crippen molar-refractivity contribution in [1.29, 1.82) is 0 Å². The first-order chi connectivity index (χ1) is 12.3. The van der Waals surface area contributed by atoms with E-state index in [-0.39, 0.29) is 0 Å². The van der Waals surface area contributed by atoms with E-state index in [1.807, 2.05) is 0 Å². The maximum atomic E-state index is 3.67. The molecule has 0 aliphatic rings. The highest BCUT2D eigenvalue weighted by molar-refractivity contribution is 9.10. The summed E-state index contributed by atoms with van der Waals surface area (Å²) in [7, 11) is 0. The standard InChI is InChI=1S/2C8H6S.C3H2BrN3/c2*1-2-4-8-7(3-1)5-6-9-8;4-3-6-1-5-2-7-3/h2*1-6H;1-2H. The van der Waals surface area contributed by atoms with E-state index in [9.17, 15) is 0 Å². The average Bonchev–Trinajstić information content (AvgIpc) is 3.32. The number of hydrogen-bond acceptors (Lipinski definition) is 5. The van der Waals surface area contributed by atoms with Crippen LogP contribution in [-0.4, -0.2) is 15.0 Å². The number of benzene rings is 2. The largest absolute Gasteiger partial charge is 0.225 e. The molecule has 3 nitrogen and oxygen atoms in total. The van der Waals surface area contributed by atoms with E-state index in [1.165, 1.54) is 32.8 Å². The molecule has 0 aliphatic carbocycles. The summed E-state index contributed by atoms with van der Waals surface area (Å²) >= 11 is 6.62. The lowest BCUT2D eigenvalue weighted by molar-refractivity contribution is 1.01. The summed E-state index contributed by atoms with van der Waals surface area (Å²) < 4.78 is 3.32. The number of rotatable bonds is 0. The minimum absolute atomic E-state index is 0.572. The van der Waals surface area contributed by atoms with Crippen molar-refractivity contribution >= 4 is 58.8 Å². The van der Waals surface area contributed by atoms with Crippen LogP contribution in [0.5, 0.6) is 0 Å². The van der Waals surface area contributed by atoms with Crippen molar-refractivity contribution in [2.45, 2.75) is 0 Å². The van der Waals surface area contributed by atoms with Crippen molar-refractivity contribution in [2.75, 3.05) is 0 Å². The molecule has 2 aromatic carbocycles. The quantitative estimate of drug-likeness (QED) is 0.285. The molecule has 0 bridgehead atoms. The Morgan fingerprint density at radius 2 is 1.12 bits per heavy atom. The van der Waals surface area contributed by atoms with Gasteiger partial charge >= 0.3 is 0 Å². The molecular weight excluding hydrogens is 414 g/mol. The van der Waals surface area contributed by atoms with Crippen molar-refractivity contribution in [3.63, 3.8) is 0 Å². The van der Waals surface area contributed by atoms with Gasteiger partial charge in [-0.3, -0.25) is 0 Å². The lowest BCUT2D eigenvalue weighted by atomic mass is 10.3. The lowest BCUT2D eigenvalue weighted by Gasteiger charge is -1.82. The highest BCUT2D eigenvalue weighted by atomic mass is 79.9. The Kier molecular flexibility index (Phi) is 6.62. The molecule has 0 amide bonds. The van der Waals surface area contributed by atoms with Gasteiger partial charge in [0.2, 0.25) is 0 Å². The Morgan fingerprint density at radius 1 is 0.640 bits per heavy atom. The first-order valence-electron chi connectivity index (χ1n) is 7.45. The van der Waals surface area contributed by atoms with Gasteiger partial charge in [-0.2, -0.15) is 0 Å². The molecule has 5 aromatic rings. The van der Waals surface area contributed by atoms with Gasteiger partial charge in [-0.05, 0) is 61.7 Å². The van der Waals surface area contributed by atoms with E-state index >= 15 is 0 Å². The lowest BCUT2D eigenvalue weighted by Crippen LogP contribution is -1.79. The SMILES string of the molecule is Brc1ncncn1.c1ccc2sccc2c1.c1ccc2sccc2c1. The molecule has 0 saturated carbocycles. The number of thiophene rings is 2. The van der Waals surface area contributed by atoms with Gasteiger partial charge in [-0.15, -0.1) is 22.7 Å². The molecule has 25 heavy (non-hydrogen) atoms. The van der Waals surface area contributed by atoms with Crippen LogP contribution in [0.15, 0.2) is 88.8 Å². The topological polar surface area (TPSA) is 38.7 Å². The maximum Gasteiger partial charge on any atom is 0.199 e. The van der Waals surface area contributed by atoms with Crippen molar-refractivity contribution in [2.24, 2.45) is 0 Å². The number of fused-ring (bicyclic) bond motifs is 2. The maximum absolute atomic E-state index is 3.67. The summed E-state index contributed by atoms with van der Waals surface area (Å²) in [5.41, 5.74) is 0. The van der Waals surface area contributed by atoms with Gasteiger partial charge in [0, 0.05) is 9.40 Å². The van der Waals surface area contributed by atoms with E-state index < -0.39 is 0 Å². The monoisotopic (exact) mass is 427 g/mol. The molecular formula is C19H14BrN3S2. The van der Waals surface area contributed by atoms with Crippen LogP contribution in [0.3, 0.4) is 0 Å². The van der Waals surface area contributed by atoms with Gasteiger partial charge in [0.25, 0.3) is 0 Å². The summed E-state index contributed by atoms with van der Waals surface area (Å²) in [6, 6.07) is 21.1. The first kappa shape index (κ1) is 17.7. The highest BCUT2D eigenvalue weighted by Gasteiger charge is 1.88. The molecule has 3 aromatic heterocycles. The molecule has 0 atom stereocenters. The molecule has 5 rings (SSSR count). The van der Waals surface area contributed by atoms with E-state index in [1.54, 1.807) is 22.7 Å². The van der Waals surface area contributed by atoms with Crippen LogP contribution < -0.4 is 0 Å². The Balaban J connectivity index is 0.000000111. The number of hydrogen-bond donors (Lipinski definition) is 0. The molecule has 124 valence electrons. The fourth-order valence-corrected chi connectivity index (χ4v) is 3.80. The fraction of sp³-hybridized carbons (Fsp3) is 0. The molecule has 0 spiro atoms. The third-order valence-electron chi connectivity index (χ3n) is 3.19. The minimum atomic E-state index is 0.572. The van der Waals surface area contributed by atoms with Gasteiger partial charge in [0.05, 0.1) is 0 Å². The zero-order valence-corrected chi connectivity index (χ0v) is 16.3. The summed E-state index contributed by atoms with van der Waals surface area (Å²) in [6.45, 7) is 0. The number of aromatic nitrogens is 3. The van der Waals surface area contributed by atoms with Gasteiger partial charge < -0.3 is 0 Å². The number of halogens is 1. The molecule has 6 heteroatoms. The van der Waals surface area contributed by atoms with Crippen LogP contribution in [0.1, 0.15) is 0 Å². The van der Waals surface area contributed by atoms with E-state index in [4.69, 9.17) is 0 Å². The molecule has 3 heterocycles. The van der Waals surface area contributed by atoms with Gasteiger partial charge in [0.1, 0.15) is 12.7 Å². The van der Waals surface area contributed by atoms with Crippen molar-refractivity contribution in [1.82, 2.24) is 15.0 Å². The van der Waals surface area contributed by atoms with Gasteiger partial charge in [-0.25, -0.2) is 15.0 Å². The minimum Gasteiger partial charge on any atom is -0.225 e. The first-order valence-corrected chi connectivity index (χ1v) is 10.00. The van der Waals surface area contributed by atoms with Crippen LogP contribution in [0.25, 0.3) is 20.2 Å². The van der Waals surface area contributed by atoms with Gasteiger partial charge in [0.15, 0.2) is 4.73 Å². The summed E-state index contributed by atoms with van der Waals surface area (Å²) in [5, 5.41) is 6.93. The smallest absolute Gasteiger partial charge is 0.199 e. The zero-order valence-electron chi connectivity index (χ0n) is 13.1. The van der Waals surface area contributed by atoms with Crippen LogP contribution >= 0.6 is 38.6 Å².